The van der Waals surface area contributed by atoms with E-state index >= 15 is 0 Å². The number of ether oxygens (including phenoxy) is 2. The maximum atomic E-state index is 13.0. The van der Waals surface area contributed by atoms with Crippen molar-refractivity contribution < 1.29 is 29.1 Å². The molecule has 0 bridgehead atoms. The first-order valence-electron chi connectivity index (χ1n) is 17.7. The van der Waals surface area contributed by atoms with Gasteiger partial charge in [-0.3, -0.25) is 25.0 Å². The van der Waals surface area contributed by atoms with E-state index in [9.17, 15) is 14.4 Å². The molecular formula is C37H57N7O6S. The van der Waals surface area contributed by atoms with Crippen LogP contribution in [0.1, 0.15) is 84.3 Å². The molecule has 5 rings (SSSR count). The zero-order valence-corrected chi connectivity index (χ0v) is 31.9. The van der Waals surface area contributed by atoms with Gasteiger partial charge in [0, 0.05) is 60.9 Å². The van der Waals surface area contributed by atoms with E-state index in [2.05, 4.69) is 35.9 Å². The van der Waals surface area contributed by atoms with Gasteiger partial charge in [0.1, 0.15) is 11.5 Å². The van der Waals surface area contributed by atoms with Gasteiger partial charge in [-0.25, -0.2) is 9.67 Å². The molecule has 1 atom stereocenters. The SMILES string of the molecule is C=C.CC.CCCCCN(C)C(=O)CC(CCOc1cc(-n2ccc(C)n2)nc2cc(OC)ccc12)C(=O)NC1CC1.O=CNN(O)SC1CC1. The molecule has 14 heteroatoms. The monoisotopic (exact) mass is 727 g/mol. The number of hydrazine groups is 1. The molecule has 282 valence electrons. The number of nitrogens with zero attached hydrogens (tertiary/aromatic N) is 5. The standard InChI is InChI=1S/C29H39N5O4.C4H8N2O2S.C2H6.C2H4/c1-5-6-7-14-33(3)28(35)17-21(29(36)30-22-8-9-22)13-16-38-26-19-27(34-15-12-20(2)32-34)31-25-18-23(37-4)10-11-24(25)26;7-3-5-6(8)9-4-1-2-4;2*1-2/h10-12,15,18-19,21-22H,5-9,13-14,16-17H2,1-4H3,(H,30,36);3-4,8H,1-2H2,(H,5,7);1-2H3;1-2H2. The molecule has 0 spiro atoms. The Kier molecular flexibility index (Phi) is 19.7. The van der Waals surface area contributed by atoms with Gasteiger partial charge in [0.15, 0.2) is 5.82 Å². The molecule has 2 fully saturated rings. The van der Waals surface area contributed by atoms with E-state index in [0.29, 0.717) is 41.9 Å². The highest BCUT2D eigenvalue weighted by Crippen LogP contribution is 2.34. The van der Waals surface area contributed by atoms with Gasteiger partial charge in [-0.2, -0.15) is 5.10 Å². The molecule has 2 aliphatic rings. The predicted octanol–water partition coefficient (Wildman–Crippen LogP) is 6.42. The number of hydrogen-bond donors (Lipinski definition) is 3. The molecule has 2 aliphatic carbocycles. The van der Waals surface area contributed by atoms with Crippen LogP contribution in [0, 0.1) is 12.8 Å². The summed E-state index contributed by atoms with van der Waals surface area (Å²) in [4.78, 5) is 42.1. The summed E-state index contributed by atoms with van der Waals surface area (Å²) < 4.78 is 14.1. The molecule has 51 heavy (non-hydrogen) atoms. The average molecular weight is 728 g/mol. The Labute approximate surface area is 307 Å². The van der Waals surface area contributed by atoms with Crippen molar-refractivity contribution in [3.63, 3.8) is 0 Å². The summed E-state index contributed by atoms with van der Waals surface area (Å²) in [6.45, 7) is 15.1. The van der Waals surface area contributed by atoms with Crippen LogP contribution in [0.4, 0.5) is 0 Å². The summed E-state index contributed by atoms with van der Waals surface area (Å²) in [7, 11) is 3.44. The number of benzene rings is 1. The van der Waals surface area contributed by atoms with Crippen molar-refractivity contribution in [2.45, 2.75) is 96.8 Å². The normalized spacial score (nSPS) is 13.6. The van der Waals surface area contributed by atoms with E-state index in [1.165, 1.54) is 11.9 Å². The van der Waals surface area contributed by atoms with Crippen molar-refractivity contribution in [2.24, 2.45) is 5.92 Å². The Hall–Kier alpha value is -4.14. The van der Waals surface area contributed by atoms with E-state index in [4.69, 9.17) is 19.7 Å². The summed E-state index contributed by atoms with van der Waals surface area (Å²) in [6.07, 6.45) is 10.3. The van der Waals surface area contributed by atoms with Crippen LogP contribution in [0.5, 0.6) is 11.5 Å². The number of carbonyl (C=O) groups excluding carboxylic acids is 3. The molecule has 1 aromatic carbocycles. The van der Waals surface area contributed by atoms with Crippen LogP contribution in [0.25, 0.3) is 16.7 Å². The number of aromatic nitrogens is 3. The van der Waals surface area contributed by atoms with Crippen LogP contribution in [0.15, 0.2) is 49.7 Å². The molecular weight excluding hydrogens is 671 g/mol. The number of unbranched alkanes of at least 4 members (excludes halogenated alkanes) is 2. The Bertz CT molecular complexity index is 1500. The lowest BCUT2D eigenvalue weighted by atomic mass is 9.99. The summed E-state index contributed by atoms with van der Waals surface area (Å²) >= 11 is 1.24. The fourth-order valence-electron chi connectivity index (χ4n) is 4.73. The highest BCUT2D eigenvalue weighted by Gasteiger charge is 2.29. The van der Waals surface area contributed by atoms with E-state index in [-0.39, 0.29) is 30.9 Å². The summed E-state index contributed by atoms with van der Waals surface area (Å²) in [6, 6.07) is 9.65. The molecule has 0 aliphatic heterocycles. The lowest BCUT2D eigenvalue weighted by Crippen LogP contribution is -2.37. The van der Waals surface area contributed by atoms with Gasteiger partial charge in [-0.1, -0.05) is 33.6 Å². The summed E-state index contributed by atoms with van der Waals surface area (Å²) in [5.74, 6) is 1.45. The maximum Gasteiger partial charge on any atom is 0.223 e. The van der Waals surface area contributed by atoms with Crippen LogP contribution in [-0.2, 0) is 14.4 Å². The fourth-order valence-corrected chi connectivity index (χ4v) is 5.47. The predicted molar refractivity (Wildman–Crippen MR) is 203 cm³/mol. The van der Waals surface area contributed by atoms with Gasteiger partial charge in [0.05, 0.1) is 24.9 Å². The topological polar surface area (TPSA) is 151 Å². The van der Waals surface area contributed by atoms with E-state index in [1.54, 1.807) is 16.7 Å². The number of nitrogens with one attached hydrogen (secondary N) is 2. The largest absolute Gasteiger partial charge is 0.497 e. The second-order valence-electron chi connectivity index (χ2n) is 11.9. The number of methoxy groups -OCH3 is 1. The second-order valence-corrected chi connectivity index (χ2v) is 13.2. The Morgan fingerprint density at radius 1 is 1.16 bits per heavy atom. The van der Waals surface area contributed by atoms with Crippen LogP contribution in [-0.4, -0.2) is 86.3 Å². The van der Waals surface area contributed by atoms with E-state index in [0.717, 1.165) is 66.1 Å². The van der Waals surface area contributed by atoms with Crippen molar-refractivity contribution in [2.75, 3.05) is 27.3 Å². The molecule has 13 nitrogen and oxygen atoms in total. The molecule has 2 aromatic heterocycles. The van der Waals surface area contributed by atoms with Crippen molar-refractivity contribution >= 4 is 41.1 Å². The fraction of sp³-hybridized carbons (Fsp3) is 0.541. The highest BCUT2D eigenvalue weighted by atomic mass is 32.2. The van der Waals surface area contributed by atoms with Crippen molar-refractivity contribution in [1.29, 1.82) is 0 Å². The summed E-state index contributed by atoms with van der Waals surface area (Å²) in [5.41, 5.74) is 3.69. The zero-order valence-electron chi connectivity index (χ0n) is 31.1. The minimum atomic E-state index is -0.446. The van der Waals surface area contributed by atoms with Crippen LogP contribution in [0.2, 0.25) is 0 Å². The van der Waals surface area contributed by atoms with Gasteiger partial charge in [-0.05, 0) is 80.2 Å². The number of pyridine rings is 1. The van der Waals surface area contributed by atoms with E-state index < -0.39 is 5.92 Å². The number of fused-ring (bicyclic) bond motifs is 1. The van der Waals surface area contributed by atoms with Gasteiger partial charge < -0.3 is 19.7 Å². The first kappa shape index (κ1) is 43.0. The third-order valence-electron chi connectivity index (χ3n) is 7.82. The van der Waals surface area contributed by atoms with E-state index in [1.807, 2.05) is 64.3 Å². The number of amides is 3. The Morgan fingerprint density at radius 3 is 2.47 bits per heavy atom. The number of aryl methyl sites for hydroxylation is 1. The average Bonchev–Trinajstić information content (AvgIpc) is 4.09. The Morgan fingerprint density at radius 2 is 1.88 bits per heavy atom. The highest BCUT2D eigenvalue weighted by molar-refractivity contribution is 7.97. The lowest BCUT2D eigenvalue weighted by Gasteiger charge is -2.22. The summed E-state index contributed by atoms with van der Waals surface area (Å²) in [5, 5.41) is 17.6. The lowest BCUT2D eigenvalue weighted by molar-refractivity contribution is -0.135. The minimum Gasteiger partial charge on any atom is -0.497 e. The van der Waals surface area contributed by atoms with Gasteiger partial charge in [-0.15, -0.1) is 13.2 Å². The Balaban J connectivity index is 0.000000591. The third kappa shape index (κ3) is 15.3. The number of hydrogen-bond acceptors (Lipinski definition) is 10. The quantitative estimate of drug-likeness (QED) is 0.0441. The van der Waals surface area contributed by atoms with Crippen molar-refractivity contribution in [3.05, 3.63) is 55.4 Å². The first-order valence-corrected chi connectivity index (χ1v) is 18.6. The van der Waals surface area contributed by atoms with Crippen molar-refractivity contribution in [1.82, 2.24) is 35.0 Å². The second kappa shape index (κ2) is 23.4. The molecule has 3 aromatic rings. The molecule has 3 amide bonds. The molecule has 3 N–H and O–H groups in total. The first-order chi connectivity index (χ1) is 24.7. The molecule has 2 saturated carbocycles. The minimum absolute atomic E-state index is 0.00477. The van der Waals surface area contributed by atoms with Crippen LogP contribution >= 0.6 is 11.9 Å². The van der Waals surface area contributed by atoms with Crippen LogP contribution in [0.3, 0.4) is 0 Å². The zero-order chi connectivity index (χ0) is 37.8. The number of carbonyl (C=O) groups is 3. The maximum absolute atomic E-state index is 13.0. The van der Waals surface area contributed by atoms with Crippen molar-refractivity contribution in [3.8, 4) is 17.3 Å². The molecule has 0 radical (unpaired) electrons. The number of rotatable bonds is 18. The van der Waals surface area contributed by atoms with Crippen LogP contribution < -0.4 is 20.2 Å². The van der Waals surface area contributed by atoms with Gasteiger partial charge in [0.2, 0.25) is 18.2 Å². The molecule has 2 heterocycles. The smallest absolute Gasteiger partial charge is 0.223 e. The molecule has 0 saturated heterocycles. The molecule has 1 unspecified atom stereocenters. The third-order valence-corrected chi connectivity index (χ3v) is 8.90. The van der Waals surface area contributed by atoms with Gasteiger partial charge >= 0.3 is 0 Å². The van der Waals surface area contributed by atoms with Gasteiger partial charge in [0.25, 0.3) is 0 Å².